The number of hydrogen-bond acceptors (Lipinski definition) is 3. The van der Waals surface area contributed by atoms with Crippen molar-refractivity contribution in [2.75, 3.05) is 4.72 Å². The lowest BCUT2D eigenvalue weighted by Crippen LogP contribution is -2.14. The van der Waals surface area contributed by atoms with Gasteiger partial charge in [-0.25, -0.2) is 8.42 Å². The number of anilines is 1. The number of nitrogens with one attached hydrogen (secondary N) is 1. The van der Waals surface area contributed by atoms with Gasteiger partial charge in [-0.15, -0.1) is 0 Å². The number of halogens is 2. The largest absolute Gasteiger partial charge is 0.274 e. The average molecular weight is 395 g/mol. The summed E-state index contributed by atoms with van der Waals surface area (Å²) in [6.07, 6.45) is 1.66. The van der Waals surface area contributed by atoms with Crippen LogP contribution >= 0.6 is 31.9 Å². The van der Waals surface area contributed by atoms with Crippen molar-refractivity contribution in [2.45, 2.75) is 4.90 Å². The van der Waals surface area contributed by atoms with Gasteiger partial charge >= 0.3 is 0 Å². The molecule has 2 aromatic rings. The van der Waals surface area contributed by atoms with Gasteiger partial charge in [0.1, 0.15) is 4.90 Å². The molecule has 18 heavy (non-hydrogen) atoms. The van der Waals surface area contributed by atoms with Gasteiger partial charge in [-0.2, -0.15) is 5.10 Å². The van der Waals surface area contributed by atoms with E-state index in [1.165, 1.54) is 10.7 Å². The van der Waals surface area contributed by atoms with Crippen molar-refractivity contribution in [3.63, 3.8) is 0 Å². The van der Waals surface area contributed by atoms with Crippen molar-refractivity contribution in [1.29, 1.82) is 0 Å². The number of sulfonamides is 1. The van der Waals surface area contributed by atoms with Crippen LogP contribution in [0.3, 0.4) is 0 Å². The van der Waals surface area contributed by atoms with Crippen molar-refractivity contribution >= 4 is 47.7 Å². The van der Waals surface area contributed by atoms with E-state index in [0.717, 1.165) is 4.47 Å². The Kier molecular flexibility index (Phi) is 3.79. The van der Waals surface area contributed by atoms with Gasteiger partial charge in [0, 0.05) is 28.3 Å². The van der Waals surface area contributed by atoms with Crippen molar-refractivity contribution in [2.24, 2.45) is 7.05 Å². The maximum Gasteiger partial charge on any atom is 0.264 e. The summed E-state index contributed by atoms with van der Waals surface area (Å²) >= 11 is 6.50. The van der Waals surface area contributed by atoms with Crippen LogP contribution in [0.2, 0.25) is 0 Å². The molecule has 0 aliphatic rings. The topological polar surface area (TPSA) is 64.0 Å². The van der Waals surface area contributed by atoms with E-state index < -0.39 is 10.0 Å². The predicted molar refractivity (Wildman–Crippen MR) is 75.9 cm³/mol. The molecule has 0 saturated heterocycles. The fraction of sp³-hybridized carbons (Fsp3) is 0.100. The molecule has 5 nitrogen and oxygen atoms in total. The molecule has 2 rings (SSSR count). The minimum absolute atomic E-state index is 0.163. The molecule has 8 heteroatoms. The summed E-state index contributed by atoms with van der Waals surface area (Å²) in [6, 6.07) is 6.44. The fourth-order valence-electron chi connectivity index (χ4n) is 1.36. The average Bonchev–Trinajstić information content (AvgIpc) is 2.62. The highest BCUT2D eigenvalue weighted by Gasteiger charge is 2.18. The third kappa shape index (κ3) is 2.93. The van der Waals surface area contributed by atoms with E-state index >= 15 is 0 Å². The lowest BCUT2D eigenvalue weighted by atomic mass is 10.4. The number of aryl methyl sites for hydroxylation is 1. The number of nitrogens with zero attached hydrogens (tertiary/aromatic N) is 2. The fourth-order valence-corrected chi connectivity index (χ4v) is 4.10. The molecular weight excluding hydrogens is 386 g/mol. The molecule has 96 valence electrons. The summed E-state index contributed by atoms with van der Waals surface area (Å²) in [5.41, 5.74) is 0. The van der Waals surface area contributed by atoms with Crippen molar-refractivity contribution in [1.82, 2.24) is 9.78 Å². The minimum Gasteiger partial charge on any atom is -0.274 e. The number of rotatable bonds is 3. The molecule has 1 aromatic heterocycles. The monoisotopic (exact) mass is 393 g/mol. The Bertz CT molecular complexity index is 682. The summed E-state index contributed by atoms with van der Waals surface area (Å²) in [7, 11) is -1.93. The van der Waals surface area contributed by atoms with Gasteiger partial charge in [-0.05, 0) is 34.1 Å². The first-order valence-corrected chi connectivity index (χ1v) is 7.93. The standard InChI is InChI=1S/C10H9Br2N3O2S/c1-15-5-4-10(13-15)14-18(16,17)9-3-2-7(11)6-8(9)12/h2-6H,1H3,(H,13,14). The molecule has 0 atom stereocenters. The Morgan fingerprint density at radius 1 is 1.28 bits per heavy atom. The van der Waals surface area contributed by atoms with E-state index in [2.05, 4.69) is 41.7 Å². The van der Waals surface area contributed by atoms with Crippen LogP contribution in [0.1, 0.15) is 0 Å². The van der Waals surface area contributed by atoms with Crippen molar-refractivity contribution < 1.29 is 8.42 Å². The molecule has 0 bridgehead atoms. The first-order chi connectivity index (χ1) is 8.38. The highest BCUT2D eigenvalue weighted by atomic mass is 79.9. The Morgan fingerprint density at radius 3 is 2.56 bits per heavy atom. The van der Waals surface area contributed by atoms with Gasteiger partial charge in [0.05, 0.1) is 0 Å². The zero-order chi connectivity index (χ0) is 13.3. The van der Waals surface area contributed by atoms with Crippen LogP contribution in [0.15, 0.2) is 44.3 Å². The van der Waals surface area contributed by atoms with Gasteiger partial charge in [0.15, 0.2) is 5.82 Å². The Morgan fingerprint density at radius 2 is 2.00 bits per heavy atom. The number of aromatic nitrogens is 2. The molecule has 0 unspecified atom stereocenters. The van der Waals surface area contributed by atoms with E-state index in [4.69, 9.17) is 0 Å². The molecule has 0 fully saturated rings. The van der Waals surface area contributed by atoms with Crippen LogP contribution < -0.4 is 4.72 Å². The summed E-state index contributed by atoms with van der Waals surface area (Å²) in [5, 5.41) is 3.97. The van der Waals surface area contributed by atoms with Crippen LogP contribution in [0, 0.1) is 0 Å². The predicted octanol–water partition coefficient (Wildman–Crippen LogP) is 2.75. The van der Waals surface area contributed by atoms with Crippen LogP contribution in [-0.2, 0) is 17.1 Å². The molecule has 0 spiro atoms. The van der Waals surface area contributed by atoms with Gasteiger partial charge in [0.2, 0.25) is 0 Å². The molecule has 0 saturated carbocycles. The maximum absolute atomic E-state index is 12.1. The summed E-state index contributed by atoms with van der Waals surface area (Å²) in [4.78, 5) is 0.163. The highest BCUT2D eigenvalue weighted by Crippen LogP contribution is 2.26. The molecule has 0 amide bonds. The first kappa shape index (κ1) is 13.6. The smallest absolute Gasteiger partial charge is 0.264 e. The molecule has 0 radical (unpaired) electrons. The zero-order valence-electron chi connectivity index (χ0n) is 9.26. The van der Waals surface area contributed by atoms with Crippen LogP contribution in [0.5, 0.6) is 0 Å². The van der Waals surface area contributed by atoms with E-state index in [1.807, 2.05) is 0 Å². The van der Waals surface area contributed by atoms with Crippen molar-refractivity contribution in [3.8, 4) is 0 Å². The Balaban J connectivity index is 2.36. The molecular formula is C10H9Br2N3O2S. The minimum atomic E-state index is -3.64. The molecule has 1 heterocycles. The Hall–Kier alpha value is -0.860. The third-order valence-corrected chi connectivity index (χ3v) is 4.96. The van der Waals surface area contributed by atoms with Crippen LogP contribution in [-0.4, -0.2) is 18.2 Å². The molecule has 1 N–H and O–H groups in total. The van der Waals surface area contributed by atoms with Crippen LogP contribution in [0.25, 0.3) is 0 Å². The second-order valence-electron chi connectivity index (χ2n) is 3.55. The second kappa shape index (κ2) is 5.02. The van der Waals surface area contributed by atoms with Gasteiger partial charge < -0.3 is 0 Å². The van der Waals surface area contributed by atoms with Gasteiger partial charge in [0.25, 0.3) is 10.0 Å². The summed E-state index contributed by atoms with van der Waals surface area (Å²) in [5.74, 6) is 0.285. The summed E-state index contributed by atoms with van der Waals surface area (Å²) in [6.45, 7) is 0. The van der Waals surface area contributed by atoms with E-state index in [9.17, 15) is 8.42 Å². The van der Waals surface area contributed by atoms with E-state index in [0.29, 0.717) is 4.47 Å². The lowest BCUT2D eigenvalue weighted by molar-refractivity contribution is 0.600. The first-order valence-electron chi connectivity index (χ1n) is 4.86. The zero-order valence-corrected chi connectivity index (χ0v) is 13.3. The third-order valence-electron chi connectivity index (χ3n) is 2.14. The lowest BCUT2D eigenvalue weighted by Gasteiger charge is -2.07. The van der Waals surface area contributed by atoms with E-state index in [-0.39, 0.29) is 10.7 Å². The summed E-state index contributed by atoms with van der Waals surface area (Å²) < 4.78 is 29.5. The number of benzene rings is 1. The van der Waals surface area contributed by atoms with Crippen LogP contribution in [0.4, 0.5) is 5.82 Å². The van der Waals surface area contributed by atoms with Gasteiger partial charge in [-0.3, -0.25) is 9.40 Å². The van der Waals surface area contributed by atoms with Crippen molar-refractivity contribution in [3.05, 3.63) is 39.4 Å². The molecule has 0 aliphatic heterocycles. The Labute approximate surface area is 122 Å². The highest BCUT2D eigenvalue weighted by molar-refractivity contribution is 9.11. The second-order valence-corrected chi connectivity index (χ2v) is 6.98. The maximum atomic E-state index is 12.1. The van der Waals surface area contributed by atoms with Gasteiger partial charge in [-0.1, -0.05) is 15.9 Å². The number of hydrogen-bond donors (Lipinski definition) is 1. The quantitative estimate of drug-likeness (QED) is 0.870. The molecule has 1 aromatic carbocycles. The normalized spacial score (nSPS) is 11.5. The van der Waals surface area contributed by atoms with E-state index in [1.54, 1.807) is 31.4 Å². The SMILES string of the molecule is Cn1ccc(NS(=O)(=O)c2ccc(Br)cc2Br)n1. The molecule has 0 aliphatic carbocycles.